The van der Waals surface area contributed by atoms with Crippen LogP contribution in [0.3, 0.4) is 0 Å². The van der Waals surface area contributed by atoms with Gasteiger partial charge in [0.05, 0.1) is 12.2 Å². The van der Waals surface area contributed by atoms with Gasteiger partial charge in [-0.25, -0.2) is 0 Å². The van der Waals surface area contributed by atoms with Crippen molar-refractivity contribution < 1.29 is 14.3 Å². The zero-order valence-corrected chi connectivity index (χ0v) is 16.1. The highest BCUT2D eigenvalue weighted by Gasteiger charge is 2.08. The van der Waals surface area contributed by atoms with E-state index in [0.717, 1.165) is 17.0 Å². The Balaban J connectivity index is 1.52. The topological polar surface area (TPSA) is 59.6 Å². The van der Waals surface area contributed by atoms with Gasteiger partial charge in [-0.05, 0) is 42.0 Å². The van der Waals surface area contributed by atoms with Gasteiger partial charge in [-0.1, -0.05) is 55.1 Å². The second-order valence-electron chi connectivity index (χ2n) is 6.30. The minimum Gasteiger partial charge on any atom is -0.490 e. The van der Waals surface area contributed by atoms with Gasteiger partial charge in [0.1, 0.15) is 24.7 Å². The molecule has 0 spiro atoms. The molecular weight excluding hydrogens is 364 g/mol. The number of hydrogen-bond acceptors (Lipinski definition) is 4. The molecule has 0 saturated carbocycles. The number of hydrogen-bond donors (Lipinski definition) is 2. The van der Waals surface area contributed by atoms with Crippen molar-refractivity contribution in [3.8, 4) is 11.5 Å². The molecule has 0 heterocycles. The molecule has 0 aliphatic carbocycles. The van der Waals surface area contributed by atoms with Crippen molar-refractivity contribution in [3.05, 3.63) is 97.1 Å². The quantitative estimate of drug-likeness (QED) is 0.486. The minimum atomic E-state index is -0.159. The van der Waals surface area contributed by atoms with Crippen molar-refractivity contribution in [2.45, 2.75) is 6.61 Å². The van der Waals surface area contributed by atoms with Crippen molar-refractivity contribution >= 4 is 17.3 Å². The highest BCUT2D eigenvalue weighted by Crippen LogP contribution is 2.24. The summed E-state index contributed by atoms with van der Waals surface area (Å²) in [7, 11) is 0. The van der Waals surface area contributed by atoms with Gasteiger partial charge >= 0.3 is 0 Å². The Kier molecular flexibility index (Phi) is 7.29. The Bertz CT molecular complexity index is 924. The maximum Gasteiger partial charge on any atom is 0.243 e. The fourth-order valence-corrected chi connectivity index (χ4v) is 2.63. The summed E-state index contributed by atoms with van der Waals surface area (Å²) in [5.41, 5.74) is 2.54. The molecule has 0 radical (unpaired) electrons. The predicted octanol–water partition coefficient (Wildman–Crippen LogP) is 4.88. The third-order valence-electron chi connectivity index (χ3n) is 4.07. The van der Waals surface area contributed by atoms with Crippen LogP contribution < -0.4 is 20.1 Å². The molecule has 0 aliphatic heterocycles. The molecule has 3 rings (SSSR count). The van der Waals surface area contributed by atoms with Crippen molar-refractivity contribution in [1.82, 2.24) is 0 Å². The predicted molar refractivity (Wildman–Crippen MR) is 116 cm³/mol. The summed E-state index contributed by atoms with van der Waals surface area (Å²) in [6.07, 6.45) is 1.69. The highest BCUT2D eigenvalue weighted by molar-refractivity contribution is 5.95. The molecule has 0 unspecified atom stereocenters. The summed E-state index contributed by atoms with van der Waals surface area (Å²) in [5.74, 6) is 1.23. The van der Waals surface area contributed by atoms with Crippen LogP contribution in [0.1, 0.15) is 5.56 Å². The lowest BCUT2D eigenvalue weighted by atomic mass is 10.2. The lowest BCUT2D eigenvalue weighted by Crippen LogP contribution is -2.22. The lowest BCUT2D eigenvalue weighted by Gasteiger charge is -2.13. The first-order valence-electron chi connectivity index (χ1n) is 9.38. The molecule has 3 aromatic carbocycles. The SMILES string of the molecule is C=CCOc1ccc(NCC(=O)Nc2ccccc2OCc2ccccc2)cc1. The van der Waals surface area contributed by atoms with Crippen LogP contribution >= 0.6 is 0 Å². The monoisotopic (exact) mass is 388 g/mol. The van der Waals surface area contributed by atoms with Gasteiger partial charge in [-0.15, -0.1) is 0 Å². The first-order valence-corrected chi connectivity index (χ1v) is 9.38. The van der Waals surface area contributed by atoms with Crippen LogP contribution in [0, 0.1) is 0 Å². The third-order valence-corrected chi connectivity index (χ3v) is 4.07. The van der Waals surface area contributed by atoms with Gasteiger partial charge in [0.25, 0.3) is 0 Å². The van der Waals surface area contributed by atoms with E-state index in [0.29, 0.717) is 24.7 Å². The van der Waals surface area contributed by atoms with Gasteiger partial charge in [-0.3, -0.25) is 4.79 Å². The lowest BCUT2D eigenvalue weighted by molar-refractivity contribution is -0.114. The van der Waals surface area contributed by atoms with E-state index in [1.165, 1.54) is 0 Å². The number of ether oxygens (including phenoxy) is 2. The zero-order valence-electron chi connectivity index (χ0n) is 16.1. The second kappa shape index (κ2) is 10.6. The third kappa shape index (κ3) is 6.43. The van der Waals surface area contributed by atoms with Crippen molar-refractivity contribution in [3.63, 3.8) is 0 Å². The van der Waals surface area contributed by atoms with E-state index in [1.807, 2.05) is 78.9 Å². The average molecular weight is 388 g/mol. The number of anilines is 2. The summed E-state index contributed by atoms with van der Waals surface area (Å²) in [4.78, 5) is 12.4. The highest BCUT2D eigenvalue weighted by atomic mass is 16.5. The van der Waals surface area contributed by atoms with Gasteiger partial charge in [0, 0.05) is 5.69 Å². The van der Waals surface area contributed by atoms with Crippen molar-refractivity contribution in [2.24, 2.45) is 0 Å². The molecule has 0 atom stereocenters. The van der Waals surface area contributed by atoms with Crippen LogP contribution in [0.15, 0.2) is 91.5 Å². The Hall–Kier alpha value is -3.73. The minimum absolute atomic E-state index is 0.139. The summed E-state index contributed by atoms with van der Waals surface area (Å²) in [6, 6.07) is 24.7. The van der Waals surface area contributed by atoms with Crippen LogP contribution in [0.2, 0.25) is 0 Å². The van der Waals surface area contributed by atoms with Crippen LogP contribution in [-0.4, -0.2) is 19.1 Å². The van der Waals surface area contributed by atoms with E-state index < -0.39 is 0 Å². The molecule has 0 saturated heterocycles. The molecule has 0 aliphatic rings. The summed E-state index contributed by atoms with van der Waals surface area (Å²) < 4.78 is 11.3. The molecular formula is C24H24N2O3. The zero-order chi connectivity index (χ0) is 20.3. The number of carbonyl (C=O) groups is 1. The number of rotatable bonds is 10. The van der Waals surface area contributed by atoms with Crippen molar-refractivity contribution in [2.75, 3.05) is 23.8 Å². The molecule has 0 fully saturated rings. The molecule has 29 heavy (non-hydrogen) atoms. The van der Waals surface area contributed by atoms with E-state index >= 15 is 0 Å². The number of para-hydroxylation sites is 2. The van der Waals surface area contributed by atoms with Gasteiger partial charge < -0.3 is 20.1 Å². The Morgan fingerprint density at radius 1 is 0.897 bits per heavy atom. The van der Waals surface area contributed by atoms with Crippen LogP contribution in [0.25, 0.3) is 0 Å². The van der Waals surface area contributed by atoms with Gasteiger partial charge in [0.2, 0.25) is 5.91 Å². The first kappa shape index (κ1) is 20.0. The fraction of sp³-hybridized carbons (Fsp3) is 0.125. The largest absolute Gasteiger partial charge is 0.490 e. The smallest absolute Gasteiger partial charge is 0.243 e. The number of carbonyl (C=O) groups excluding carboxylic acids is 1. The Labute approximate surface area is 171 Å². The van der Waals surface area contributed by atoms with E-state index in [-0.39, 0.29) is 12.5 Å². The molecule has 148 valence electrons. The van der Waals surface area contributed by atoms with Gasteiger partial charge in [0.15, 0.2) is 0 Å². The molecule has 1 amide bonds. The summed E-state index contributed by atoms with van der Waals surface area (Å²) in [6.45, 7) is 4.65. The number of amides is 1. The van der Waals surface area contributed by atoms with Crippen molar-refractivity contribution in [1.29, 1.82) is 0 Å². The molecule has 0 aromatic heterocycles. The first-order chi connectivity index (χ1) is 14.2. The fourth-order valence-electron chi connectivity index (χ4n) is 2.63. The molecule has 2 N–H and O–H groups in total. The summed E-state index contributed by atoms with van der Waals surface area (Å²) in [5, 5.41) is 5.99. The van der Waals surface area contributed by atoms with Crippen LogP contribution in [0.4, 0.5) is 11.4 Å². The van der Waals surface area contributed by atoms with E-state index in [9.17, 15) is 4.79 Å². The van der Waals surface area contributed by atoms with Crippen LogP contribution in [-0.2, 0) is 11.4 Å². The number of benzene rings is 3. The maximum atomic E-state index is 12.4. The average Bonchev–Trinajstić information content (AvgIpc) is 2.77. The van der Waals surface area contributed by atoms with Gasteiger partial charge in [-0.2, -0.15) is 0 Å². The standard InChI is InChI=1S/C24H24N2O3/c1-2-16-28-21-14-12-20(13-15-21)25-17-24(27)26-22-10-6-7-11-23(22)29-18-19-8-4-3-5-9-19/h2-15,25H,1,16-18H2,(H,26,27). The molecule has 3 aromatic rings. The van der Waals surface area contributed by atoms with E-state index in [1.54, 1.807) is 6.08 Å². The van der Waals surface area contributed by atoms with E-state index in [4.69, 9.17) is 9.47 Å². The Morgan fingerprint density at radius 2 is 1.62 bits per heavy atom. The molecule has 5 heteroatoms. The maximum absolute atomic E-state index is 12.4. The Morgan fingerprint density at radius 3 is 2.38 bits per heavy atom. The normalized spacial score (nSPS) is 10.1. The van der Waals surface area contributed by atoms with E-state index in [2.05, 4.69) is 17.2 Å². The molecule has 5 nitrogen and oxygen atoms in total. The van der Waals surface area contributed by atoms with Crippen LogP contribution in [0.5, 0.6) is 11.5 Å². The molecule has 0 bridgehead atoms. The summed E-state index contributed by atoms with van der Waals surface area (Å²) >= 11 is 0. The second-order valence-corrected chi connectivity index (χ2v) is 6.30. The number of nitrogens with one attached hydrogen (secondary N) is 2.